The quantitative estimate of drug-likeness (QED) is 0.754. The van der Waals surface area contributed by atoms with Crippen molar-refractivity contribution in [3.63, 3.8) is 0 Å². The third kappa shape index (κ3) is 1.93. The van der Waals surface area contributed by atoms with Crippen molar-refractivity contribution < 1.29 is 4.79 Å². The number of carbonyl (C=O) groups excluding carboxylic acids is 1. The van der Waals surface area contributed by atoms with Gasteiger partial charge in [0.25, 0.3) is 0 Å². The third-order valence-corrected chi connectivity index (χ3v) is 2.79. The lowest BCUT2D eigenvalue weighted by atomic mass is 9.99. The molecule has 0 radical (unpaired) electrons. The predicted octanol–water partition coefficient (Wildman–Crippen LogP) is 1.43. The number of rotatable bonds is 1. The molecule has 4 nitrogen and oxygen atoms in total. The van der Waals surface area contributed by atoms with Crippen LogP contribution in [0.2, 0.25) is 0 Å². The van der Waals surface area contributed by atoms with E-state index in [4.69, 9.17) is 5.73 Å². The van der Waals surface area contributed by atoms with Gasteiger partial charge in [-0.15, -0.1) is 0 Å². The Labute approximate surface area is 89.1 Å². The first-order valence-corrected chi connectivity index (χ1v) is 5.21. The van der Waals surface area contributed by atoms with E-state index in [0.717, 1.165) is 25.1 Å². The molecule has 1 saturated heterocycles. The van der Waals surface area contributed by atoms with Crippen LogP contribution in [-0.4, -0.2) is 17.4 Å². The molecule has 80 valence electrons. The molecule has 2 N–H and O–H groups in total. The smallest absolute Gasteiger partial charge is 0.229 e. The summed E-state index contributed by atoms with van der Waals surface area (Å²) in [5.74, 6) is 0.792. The van der Waals surface area contributed by atoms with E-state index in [1.54, 1.807) is 17.2 Å². The van der Waals surface area contributed by atoms with Gasteiger partial charge in [0, 0.05) is 12.5 Å². The maximum Gasteiger partial charge on any atom is 0.229 e. The number of amides is 1. The summed E-state index contributed by atoms with van der Waals surface area (Å²) in [5, 5.41) is 0. The van der Waals surface area contributed by atoms with Crippen LogP contribution in [0.5, 0.6) is 0 Å². The first-order valence-electron chi connectivity index (χ1n) is 5.21. The number of nitrogens with two attached hydrogens (primary N) is 1. The van der Waals surface area contributed by atoms with Crippen molar-refractivity contribution in [2.24, 2.45) is 5.92 Å². The van der Waals surface area contributed by atoms with Crippen LogP contribution in [-0.2, 0) is 4.79 Å². The van der Waals surface area contributed by atoms with Crippen molar-refractivity contribution in [1.29, 1.82) is 0 Å². The average molecular weight is 205 g/mol. The number of anilines is 2. The minimum atomic E-state index is 0.122. The standard InChI is InChI=1S/C11H15N3O/c1-8-3-2-6-14(11(8)15)9-4-5-10(12)13-7-9/h4-5,7-8H,2-3,6H2,1H3,(H2,12,13). The van der Waals surface area contributed by atoms with Gasteiger partial charge in [-0.25, -0.2) is 4.98 Å². The predicted molar refractivity (Wildman–Crippen MR) is 59.4 cm³/mol. The highest BCUT2D eigenvalue weighted by Crippen LogP contribution is 2.23. The molecule has 0 bridgehead atoms. The minimum absolute atomic E-state index is 0.122. The Bertz CT molecular complexity index is 361. The molecule has 0 aliphatic carbocycles. The maximum atomic E-state index is 11.9. The summed E-state index contributed by atoms with van der Waals surface area (Å²) in [6.45, 7) is 2.76. The number of nitrogens with zero attached hydrogens (tertiary/aromatic N) is 2. The molecule has 0 aromatic carbocycles. The summed E-state index contributed by atoms with van der Waals surface area (Å²) in [7, 11) is 0. The molecule has 0 saturated carbocycles. The molecule has 1 aromatic heterocycles. The van der Waals surface area contributed by atoms with Crippen LogP contribution >= 0.6 is 0 Å². The Morgan fingerprint density at radius 3 is 3.00 bits per heavy atom. The van der Waals surface area contributed by atoms with Gasteiger partial charge in [0.2, 0.25) is 5.91 Å². The van der Waals surface area contributed by atoms with Gasteiger partial charge in [0.1, 0.15) is 5.82 Å². The number of aromatic nitrogens is 1. The maximum absolute atomic E-state index is 11.9. The summed E-state index contributed by atoms with van der Waals surface area (Å²) in [5.41, 5.74) is 6.35. The molecule has 1 aliphatic rings. The van der Waals surface area contributed by atoms with Crippen molar-refractivity contribution in [2.45, 2.75) is 19.8 Å². The fourth-order valence-corrected chi connectivity index (χ4v) is 1.87. The summed E-state index contributed by atoms with van der Waals surface area (Å²) in [6.07, 6.45) is 3.69. The summed E-state index contributed by atoms with van der Waals surface area (Å²) < 4.78 is 0. The van der Waals surface area contributed by atoms with Gasteiger partial charge in [-0.3, -0.25) is 4.79 Å². The lowest BCUT2D eigenvalue weighted by molar-refractivity contribution is -0.123. The Balaban J connectivity index is 2.22. The molecular formula is C11H15N3O. The summed E-state index contributed by atoms with van der Waals surface area (Å²) in [6, 6.07) is 3.57. The number of piperidine rings is 1. The molecule has 2 heterocycles. The molecule has 1 aromatic rings. The minimum Gasteiger partial charge on any atom is -0.384 e. The first-order chi connectivity index (χ1) is 7.18. The van der Waals surface area contributed by atoms with Gasteiger partial charge in [0.15, 0.2) is 0 Å². The second-order valence-electron chi connectivity index (χ2n) is 3.97. The molecular weight excluding hydrogens is 190 g/mol. The fourth-order valence-electron chi connectivity index (χ4n) is 1.87. The van der Waals surface area contributed by atoms with Gasteiger partial charge >= 0.3 is 0 Å². The van der Waals surface area contributed by atoms with E-state index in [9.17, 15) is 4.79 Å². The van der Waals surface area contributed by atoms with Crippen molar-refractivity contribution in [3.8, 4) is 0 Å². The van der Waals surface area contributed by atoms with Crippen molar-refractivity contribution in [2.75, 3.05) is 17.2 Å². The van der Waals surface area contributed by atoms with Gasteiger partial charge in [-0.1, -0.05) is 6.92 Å². The molecule has 4 heteroatoms. The molecule has 1 atom stereocenters. The first kappa shape index (κ1) is 9.96. The van der Waals surface area contributed by atoms with E-state index < -0.39 is 0 Å². The van der Waals surface area contributed by atoms with Crippen LogP contribution in [0.4, 0.5) is 11.5 Å². The molecule has 1 amide bonds. The highest BCUT2D eigenvalue weighted by Gasteiger charge is 2.26. The lowest BCUT2D eigenvalue weighted by Gasteiger charge is -2.30. The SMILES string of the molecule is CC1CCCN(c2ccc(N)nc2)C1=O. The largest absolute Gasteiger partial charge is 0.384 e. The topological polar surface area (TPSA) is 59.2 Å². The second-order valence-corrected chi connectivity index (χ2v) is 3.97. The molecule has 1 fully saturated rings. The van der Waals surface area contributed by atoms with Gasteiger partial charge in [-0.2, -0.15) is 0 Å². The fraction of sp³-hybridized carbons (Fsp3) is 0.455. The Morgan fingerprint density at radius 2 is 2.33 bits per heavy atom. The van der Waals surface area contributed by atoms with Crippen LogP contribution < -0.4 is 10.6 Å². The summed E-state index contributed by atoms with van der Waals surface area (Å²) in [4.78, 5) is 17.7. The van der Waals surface area contributed by atoms with Crippen LogP contribution in [0.3, 0.4) is 0 Å². The van der Waals surface area contributed by atoms with Crippen molar-refractivity contribution in [1.82, 2.24) is 4.98 Å². The molecule has 2 rings (SSSR count). The monoisotopic (exact) mass is 205 g/mol. The Kier molecular flexibility index (Phi) is 2.58. The van der Waals surface area contributed by atoms with Crippen LogP contribution in [0, 0.1) is 5.92 Å². The Hall–Kier alpha value is -1.58. The third-order valence-electron chi connectivity index (χ3n) is 2.79. The van der Waals surface area contributed by atoms with Gasteiger partial charge < -0.3 is 10.6 Å². The second kappa shape index (κ2) is 3.88. The number of nitrogen functional groups attached to an aromatic ring is 1. The zero-order valence-corrected chi connectivity index (χ0v) is 8.81. The zero-order valence-electron chi connectivity index (χ0n) is 8.81. The van der Waals surface area contributed by atoms with Crippen LogP contribution in [0.25, 0.3) is 0 Å². The number of pyridine rings is 1. The van der Waals surface area contributed by atoms with E-state index >= 15 is 0 Å². The number of carbonyl (C=O) groups is 1. The zero-order chi connectivity index (χ0) is 10.8. The van der Waals surface area contributed by atoms with E-state index in [-0.39, 0.29) is 11.8 Å². The van der Waals surface area contributed by atoms with Crippen LogP contribution in [0.15, 0.2) is 18.3 Å². The normalized spacial score (nSPS) is 21.8. The van der Waals surface area contributed by atoms with Gasteiger partial charge in [-0.05, 0) is 25.0 Å². The molecule has 1 unspecified atom stereocenters. The van der Waals surface area contributed by atoms with Crippen molar-refractivity contribution in [3.05, 3.63) is 18.3 Å². The highest BCUT2D eigenvalue weighted by molar-refractivity contribution is 5.95. The molecule has 1 aliphatic heterocycles. The van der Waals surface area contributed by atoms with E-state index in [1.165, 1.54) is 0 Å². The average Bonchev–Trinajstić information content (AvgIpc) is 2.24. The van der Waals surface area contributed by atoms with Crippen molar-refractivity contribution >= 4 is 17.4 Å². The number of hydrogen-bond donors (Lipinski definition) is 1. The Morgan fingerprint density at radius 1 is 1.53 bits per heavy atom. The highest BCUT2D eigenvalue weighted by atomic mass is 16.2. The number of hydrogen-bond acceptors (Lipinski definition) is 3. The van der Waals surface area contributed by atoms with E-state index in [2.05, 4.69) is 4.98 Å². The molecule has 0 spiro atoms. The molecule has 15 heavy (non-hydrogen) atoms. The van der Waals surface area contributed by atoms with E-state index in [1.807, 2.05) is 13.0 Å². The van der Waals surface area contributed by atoms with E-state index in [0.29, 0.717) is 5.82 Å². The van der Waals surface area contributed by atoms with Gasteiger partial charge in [0.05, 0.1) is 11.9 Å². The summed E-state index contributed by atoms with van der Waals surface area (Å²) >= 11 is 0. The lowest BCUT2D eigenvalue weighted by Crippen LogP contribution is -2.40. The van der Waals surface area contributed by atoms with Crippen LogP contribution in [0.1, 0.15) is 19.8 Å².